The minimum absolute atomic E-state index is 0.125. The Kier molecular flexibility index (Phi) is 4.79. The monoisotopic (exact) mass is 279 g/mol. The zero-order valence-electron chi connectivity index (χ0n) is 10.7. The van der Waals surface area contributed by atoms with Crippen LogP contribution in [0.3, 0.4) is 0 Å². The van der Waals surface area contributed by atoms with Crippen LogP contribution in [0.5, 0.6) is 11.5 Å². The van der Waals surface area contributed by atoms with Crippen LogP contribution >= 0.6 is 11.3 Å². The Morgan fingerprint density at radius 1 is 1.37 bits per heavy atom. The van der Waals surface area contributed by atoms with Crippen LogP contribution in [0.1, 0.15) is 17.2 Å². The second kappa shape index (κ2) is 6.56. The summed E-state index contributed by atoms with van der Waals surface area (Å²) in [6, 6.07) is 7.17. The molecule has 1 aromatic carbocycles. The lowest BCUT2D eigenvalue weighted by molar-refractivity contribution is 0.175. The molecule has 0 amide bonds. The molecule has 0 aliphatic rings. The highest BCUT2D eigenvalue weighted by Crippen LogP contribution is 2.26. The van der Waals surface area contributed by atoms with Crippen molar-refractivity contribution in [1.82, 2.24) is 5.32 Å². The molecule has 0 spiro atoms. The number of ether oxygens (including phenoxy) is 1. The van der Waals surface area contributed by atoms with Gasteiger partial charge in [0.05, 0.1) is 13.2 Å². The Morgan fingerprint density at radius 3 is 2.84 bits per heavy atom. The van der Waals surface area contributed by atoms with Crippen molar-refractivity contribution in [2.24, 2.45) is 0 Å². The van der Waals surface area contributed by atoms with Crippen LogP contribution in [0.2, 0.25) is 0 Å². The molecule has 3 N–H and O–H groups in total. The summed E-state index contributed by atoms with van der Waals surface area (Å²) < 4.78 is 4.98. The molecule has 19 heavy (non-hydrogen) atoms. The summed E-state index contributed by atoms with van der Waals surface area (Å²) in [5.74, 6) is 0.585. The van der Waals surface area contributed by atoms with E-state index >= 15 is 0 Å². The van der Waals surface area contributed by atoms with Crippen molar-refractivity contribution in [2.45, 2.75) is 12.6 Å². The van der Waals surface area contributed by atoms with Gasteiger partial charge in [-0.2, -0.15) is 11.3 Å². The number of aliphatic hydroxyl groups is 1. The molecule has 0 aliphatic carbocycles. The molecule has 2 aromatic rings. The summed E-state index contributed by atoms with van der Waals surface area (Å²) in [6.07, 6.45) is -0.502. The van der Waals surface area contributed by atoms with Crippen LogP contribution in [-0.4, -0.2) is 23.9 Å². The van der Waals surface area contributed by atoms with Crippen LogP contribution in [0.15, 0.2) is 35.0 Å². The molecule has 0 radical (unpaired) electrons. The SMILES string of the molecule is COc1ccc(CNCC(O)c2ccsc2)cc1O. The molecule has 1 heterocycles. The third-order valence-electron chi connectivity index (χ3n) is 2.84. The van der Waals surface area contributed by atoms with E-state index < -0.39 is 6.10 Å². The average molecular weight is 279 g/mol. The van der Waals surface area contributed by atoms with E-state index in [0.717, 1.165) is 11.1 Å². The van der Waals surface area contributed by atoms with Crippen LogP contribution in [-0.2, 0) is 6.54 Å². The molecule has 5 heteroatoms. The zero-order valence-corrected chi connectivity index (χ0v) is 11.5. The molecule has 0 saturated carbocycles. The summed E-state index contributed by atoms with van der Waals surface area (Å²) in [6.45, 7) is 1.06. The summed E-state index contributed by atoms with van der Waals surface area (Å²) in [5, 5.41) is 26.6. The molecule has 0 aliphatic heterocycles. The number of phenols is 1. The molecule has 0 saturated heterocycles. The first-order chi connectivity index (χ1) is 9.20. The van der Waals surface area contributed by atoms with Crippen LogP contribution in [0.25, 0.3) is 0 Å². The van der Waals surface area contributed by atoms with E-state index in [2.05, 4.69) is 5.32 Å². The number of nitrogens with one attached hydrogen (secondary N) is 1. The summed E-state index contributed by atoms with van der Waals surface area (Å²) in [7, 11) is 1.52. The fourth-order valence-corrected chi connectivity index (χ4v) is 2.49. The summed E-state index contributed by atoms with van der Waals surface area (Å²) >= 11 is 1.57. The predicted octanol–water partition coefficient (Wildman–Crippen LogP) is 2.29. The topological polar surface area (TPSA) is 61.7 Å². The maximum Gasteiger partial charge on any atom is 0.160 e. The second-order valence-electron chi connectivity index (χ2n) is 4.21. The van der Waals surface area contributed by atoms with Crippen molar-refractivity contribution in [1.29, 1.82) is 0 Å². The Labute approximate surface area is 116 Å². The van der Waals surface area contributed by atoms with Gasteiger partial charge in [-0.1, -0.05) is 6.07 Å². The van der Waals surface area contributed by atoms with E-state index in [1.165, 1.54) is 7.11 Å². The molecule has 102 valence electrons. The number of aliphatic hydroxyl groups excluding tert-OH is 1. The molecule has 1 atom stereocenters. The first kappa shape index (κ1) is 13.9. The lowest BCUT2D eigenvalue weighted by atomic mass is 10.1. The van der Waals surface area contributed by atoms with Crippen LogP contribution in [0.4, 0.5) is 0 Å². The summed E-state index contributed by atoms with van der Waals surface area (Å²) in [5.41, 5.74) is 1.87. The number of phenolic OH excluding ortho intramolecular Hbond substituents is 1. The van der Waals surface area contributed by atoms with Crippen LogP contribution in [0, 0.1) is 0 Å². The number of hydrogen-bond donors (Lipinski definition) is 3. The van der Waals surface area contributed by atoms with Crippen molar-refractivity contribution in [3.63, 3.8) is 0 Å². The fraction of sp³-hybridized carbons (Fsp3) is 0.286. The molecule has 4 nitrogen and oxygen atoms in total. The van der Waals surface area contributed by atoms with Crippen molar-refractivity contribution in [3.8, 4) is 11.5 Å². The maximum atomic E-state index is 9.90. The third kappa shape index (κ3) is 3.70. The van der Waals surface area contributed by atoms with Gasteiger partial charge in [0.2, 0.25) is 0 Å². The van der Waals surface area contributed by atoms with Gasteiger partial charge in [0.25, 0.3) is 0 Å². The van der Waals surface area contributed by atoms with Gasteiger partial charge >= 0.3 is 0 Å². The van der Waals surface area contributed by atoms with E-state index in [-0.39, 0.29) is 5.75 Å². The molecule has 1 unspecified atom stereocenters. The van der Waals surface area contributed by atoms with Gasteiger partial charge in [-0.3, -0.25) is 0 Å². The third-order valence-corrected chi connectivity index (χ3v) is 3.54. The number of benzene rings is 1. The predicted molar refractivity (Wildman–Crippen MR) is 75.6 cm³/mol. The molecule has 1 aromatic heterocycles. The molecular weight excluding hydrogens is 262 g/mol. The van der Waals surface area contributed by atoms with Crippen molar-refractivity contribution in [2.75, 3.05) is 13.7 Å². The quantitative estimate of drug-likeness (QED) is 0.759. The van der Waals surface area contributed by atoms with E-state index in [1.54, 1.807) is 23.5 Å². The van der Waals surface area contributed by atoms with E-state index in [0.29, 0.717) is 18.8 Å². The number of hydrogen-bond acceptors (Lipinski definition) is 5. The fourth-order valence-electron chi connectivity index (χ4n) is 1.78. The highest BCUT2D eigenvalue weighted by Gasteiger charge is 2.07. The van der Waals surface area contributed by atoms with Gasteiger partial charge in [0.1, 0.15) is 0 Å². The Hall–Kier alpha value is -1.56. The first-order valence-electron chi connectivity index (χ1n) is 5.97. The van der Waals surface area contributed by atoms with Crippen molar-refractivity contribution >= 4 is 11.3 Å². The molecule has 2 rings (SSSR count). The Balaban J connectivity index is 1.84. The van der Waals surface area contributed by atoms with Gasteiger partial charge in [0.15, 0.2) is 11.5 Å². The molecular formula is C14H17NO3S. The molecule has 0 fully saturated rings. The summed E-state index contributed by atoms with van der Waals surface area (Å²) in [4.78, 5) is 0. The minimum Gasteiger partial charge on any atom is -0.504 e. The smallest absolute Gasteiger partial charge is 0.160 e. The lowest BCUT2D eigenvalue weighted by Gasteiger charge is -2.11. The number of methoxy groups -OCH3 is 1. The number of rotatable bonds is 6. The average Bonchev–Trinajstić information content (AvgIpc) is 2.93. The maximum absolute atomic E-state index is 9.90. The van der Waals surface area contributed by atoms with Crippen LogP contribution < -0.4 is 10.1 Å². The van der Waals surface area contributed by atoms with E-state index in [4.69, 9.17) is 4.74 Å². The highest BCUT2D eigenvalue weighted by molar-refractivity contribution is 7.07. The van der Waals surface area contributed by atoms with E-state index in [1.807, 2.05) is 22.9 Å². The second-order valence-corrected chi connectivity index (χ2v) is 4.99. The first-order valence-corrected chi connectivity index (χ1v) is 6.91. The highest BCUT2D eigenvalue weighted by atomic mass is 32.1. The number of thiophene rings is 1. The molecule has 0 bridgehead atoms. The van der Waals surface area contributed by atoms with Gasteiger partial charge in [-0.25, -0.2) is 0 Å². The zero-order chi connectivity index (χ0) is 13.7. The van der Waals surface area contributed by atoms with Crippen molar-refractivity contribution < 1.29 is 14.9 Å². The standard InChI is InChI=1S/C14H17NO3S/c1-18-14-3-2-10(6-12(14)16)7-15-8-13(17)11-4-5-19-9-11/h2-6,9,13,15-17H,7-8H2,1H3. The van der Waals surface area contributed by atoms with E-state index in [9.17, 15) is 10.2 Å². The van der Waals surface area contributed by atoms with Crippen molar-refractivity contribution in [3.05, 3.63) is 46.2 Å². The normalized spacial score (nSPS) is 12.3. The lowest BCUT2D eigenvalue weighted by Crippen LogP contribution is -2.20. The Bertz CT molecular complexity index is 513. The minimum atomic E-state index is -0.502. The Morgan fingerprint density at radius 2 is 2.21 bits per heavy atom. The number of aromatic hydroxyl groups is 1. The van der Waals surface area contributed by atoms with Gasteiger partial charge < -0.3 is 20.3 Å². The van der Waals surface area contributed by atoms with Gasteiger partial charge in [-0.15, -0.1) is 0 Å². The largest absolute Gasteiger partial charge is 0.504 e. The van der Waals surface area contributed by atoms with Gasteiger partial charge in [-0.05, 0) is 40.1 Å². The van der Waals surface area contributed by atoms with Gasteiger partial charge in [0, 0.05) is 13.1 Å².